The molecule has 1 aliphatic heterocycles. The molecule has 1 fully saturated rings. The fourth-order valence-corrected chi connectivity index (χ4v) is 1.87. The Kier molecular flexibility index (Phi) is 4.19. The van der Waals surface area contributed by atoms with Crippen LogP contribution in [0.1, 0.15) is 18.4 Å². The molecule has 0 amide bonds. The van der Waals surface area contributed by atoms with Crippen molar-refractivity contribution < 1.29 is 9.47 Å². The molecule has 1 heterocycles. The van der Waals surface area contributed by atoms with Gasteiger partial charge in [-0.2, -0.15) is 0 Å². The zero-order valence-corrected chi connectivity index (χ0v) is 9.52. The molecular weight excluding hydrogens is 202 g/mol. The fraction of sp³-hybridized carbons (Fsp3) is 0.538. The number of benzene rings is 1. The van der Waals surface area contributed by atoms with Gasteiger partial charge in [0.2, 0.25) is 0 Å². The number of rotatable bonds is 4. The van der Waals surface area contributed by atoms with Gasteiger partial charge in [-0.05, 0) is 36.5 Å². The lowest BCUT2D eigenvalue weighted by molar-refractivity contribution is 0.0157. The molecule has 0 atom stereocenters. The van der Waals surface area contributed by atoms with Gasteiger partial charge in [-0.3, -0.25) is 0 Å². The molecule has 1 aromatic rings. The van der Waals surface area contributed by atoms with Crippen molar-refractivity contribution in [3.63, 3.8) is 0 Å². The van der Waals surface area contributed by atoms with Crippen molar-refractivity contribution in [3.05, 3.63) is 29.8 Å². The van der Waals surface area contributed by atoms with Gasteiger partial charge >= 0.3 is 0 Å². The molecule has 3 nitrogen and oxygen atoms in total. The van der Waals surface area contributed by atoms with Gasteiger partial charge in [-0.1, -0.05) is 12.1 Å². The van der Waals surface area contributed by atoms with Gasteiger partial charge in [0.05, 0.1) is 13.2 Å². The molecule has 88 valence electrons. The minimum atomic E-state index is 0.669. The van der Waals surface area contributed by atoms with Crippen LogP contribution in [0.2, 0.25) is 0 Å². The maximum Gasteiger partial charge on any atom is 0.0717 e. The van der Waals surface area contributed by atoms with Gasteiger partial charge in [-0.15, -0.1) is 0 Å². The average Bonchev–Trinajstić information content (AvgIpc) is 2.33. The first kappa shape index (κ1) is 11.4. The Hall–Kier alpha value is -1.06. The Morgan fingerprint density at radius 1 is 1.19 bits per heavy atom. The van der Waals surface area contributed by atoms with Gasteiger partial charge in [0.15, 0.2) is 0 Å². The third kappa shape index (κ3) is 3.51. The van der Waals surface area contributed by atoms with Crippen LogP contribution < -0.4 is 5.73 Å². The standard InChI is InChI=1S/C13H19NO2/c14-13-3-1-11(2-4-13)9-16-10-12-5-7-15-8-6-12/h1-4,12H,5-10,14H2. The maximum absolute atomic E-state index is 5.70. The van der Waals surface area contributed by atoms with Crippen molar-refractivity contribution in [1.82, 2.24) is 0 Å². The van der Waals surface area contributed by atoms with Crippen molar-refractivity contribution in [3.8, 4) is 0 Å². The summed E-state index contributed by atoms with van der Waals surface area (Å²) in [7, 11) is 0. The number of anilines is 1. The zero-order valence-electron chi connectivity index (χ0n) is 9.52. The van der Waals surface area contributed by atoms with Crippen LogP contribution in [0.15, 0.2) is 24.3 Å². The third-order valence-corrected chi connectivity index (χ3v) is 2.94. The number of nitrogen functional groups attached to an aromatic ring is 1. The van der Waals surface area contributed by atoms with Crippen LogP contribution in [0.25, 0.3) is 0 Å². The molecule has 0 spiro atoms. The summed E-state index contributed by atoms with van der Waals surface area (Å²) in [5.74, 6) is 0.669. The van der Waals surface area contributed by atoms with Crippen LogP contribution >= 0.6 is 0 Å². The van der Waals surface area contributed by atoms with E-state index in [-0.39, 0.29) is 0 Å². The number of hydrogen-bond donors (Lipinski definition) is 1. The summed E-state index contributed by atoms with van der Waals surface area (Å²) in [6.45, 7) is 3.29. The van der Waals surface area contributed by atoms with E-state index in [1.165, 1.54) is 5.56 Å². The Labute approximate surface area is 96.5 Å². The van der Waals surface area contributed by atoms with Gasteiger partial charge in [-0.25, -0.2) is 0 Å². The maximum atomic E-state index is 5.70. The molecular formula is C13H19NO2. The molecule has 1 aromatic carbocycles. The lowest BCUT2D eigenvalue weighted by Gasteiger charge is -2.21. The summed E-state index contributed by atoms with van der Waals surface area (Å²) in [5.41, 5.74) is 7.60. The number of nitrogens with two attached hydrogens (primary N) is 1. The predicted octanol–water partition coefficient (Wildman–Crippen LogP) is 2.21. The third-order valence-electron chi connectivity index (χ3n) is 2.94. The molecule has 0 aliphatic carbocycles. The van der Waals surface area contributed by atoms with Gasteiger partial charge < -0.3 is 15.2 Å². The Morgan fingerprint density at radius 3 is 2.56 bits per heavy atom. The molecule has 1 aliphatic rings. The summed E-state index contributed by atoms with van der Waals surface area (Å²) in [5, 5.41) is 0. The Bertz CT molecular complexity index is 304. The number of hydrogen-bond acceptors (Lipinski definition) is 3. The summed E-state index contributed by atoms with van der Waals surface area (Å²) >= 11 is 0. The highest BCUT2D eigenvalue weighted by molar-refractivity contribution is 5.39. The van der Waals surface area contributed by atoms with E-state index in [2.05, 4.69) is 0 Å². The monoisotopic (exact) mass is 221 g/mol. The lowest BCUT2D eigenvalue weighted by atomic mass is 10.0. The Balaban J connectivity index is 1.69. The zero-order chi connectivity index (χ0) is 11.2. The second-order valence-corrected chi connectivity index (χ2v) is 4.31. The van der Waals surface area contributed by atoms with E-state index in [4.69, 9.17) is 15.2 Å². The summed E-state index contributed by atoms with van der Waals surface area (Å²) in [6.07, 6.45) is 2.25. The Morgan fingerprint density at radius 2 is 1.88 bits per heavy atom. The largest absolute Gasteiger partial charge is 0.399 e. The molecule has 0 saturated carbocycles. The van der Waals surface area contributed by atoms with E-state index in [1.807, 2.05) is 24.3 Å². The predicted molar refractivity (Wildman–Crippen MR) is 64.1 cm³/mol. The van der Waals surface area contributed by atoms with Crippen molar-refractivity contribution in [2.45, 2.75) is 19.4 Å². The lowest BCUT2D eigenvalue weighted by Crippen LogP contribution is -2.20. The minimum absolute atomic E-state index is 0.669. The SMILES string of the molecule is Nc1ccc(COCC2CCOCC2)cc1. The van der Waals surface area contributed by atoms with Crippen molar-refractivity contribution in [2.75, 3.05) is 25.6 Å². The van der Waals surface area contributed by atoms with Gasteiger partial charge in [0.1, 0.15) is 0 Å². The summed E-state index contributed by atoms with van der Waals surface area (Å²) in [4.78, 5) is 0. The number of ether oxygens (including phenoxy) is 2. The topological polar surface area (TPSA) is 44.5 Å². The van der Waals surface area contributed by atoms with Crippen molar-refractivity contribution in [2.24, 2.45) is 5.92 Å². The molecule has 0 bridgehead atoms. The smallest absolute Gasteiger partial charge is 0.0717 e. The van der Waals surface area contributed by atoms with Crippen LogP contribution in [-0.4, -0.2) is 19.8 Å². The van der Waals surface area contributed by atoms with Crippen LogP contribution in [0.4, 0.5) is 5.69 Å². The molecule has 0 radical (unpaired) electrons. The first-order chi connectivity index (χ1) is 7.84. The van der Waals surface area contributed by atoms with E-state index < -0.39 is 0 Å². The second kappa shape index (κ2) is 5.87. The molecule has 16 heavy (non-hydrogen) atoms. The molecule has 0 unspecified atom stereocenters. The first-order valence-electron chi connectivity index (χ1n) is 5.84. The summed E-state index contributed by atoms with van der Waals surface area (Å²) in [6, 6.07) is 7.85. The van der Waals surface area contributed by atoms with Crippen LogP contribution in [0.5, 0.6) is 0 Å². The van der Waals surface area contributed by atoms with Gasteiger partial charge in [0, 0.05) is 18.9 Å². The van der Waals surface area contributed by atoms with Crippen molar-refractivity contribution in [1.29, 1.82) is 0 Å². The highest BCUT2D eigenvalue weighted by Gasteiger charge is 2.13. The molecule has 2 rings (SSSR count). The highest BCUT2D eigenvalue weighted by atomic mass is 16.5. The van der Waals surface area contributed by atoms with Crippen molar-refractivity contribution >= 4 is 5.69 Å². The van der Waals surface area contributed by atoms with Crippen LogP contribution in [0.3, 0.4) is 0 Å². The highest BCUT2D eigenvalue weighted by Crippen LogP contribution is 2.15. The molecule has 1 saturated heterocycles. The first-order valence-corrected chi connectivity index (χ1v) is 5.84. The fourth-order valence-electron chi connectivity index (χ4n) is 1.87. The van der Waals surface area contributed by atoms with Crippen LogP contribution in [0, 0.1) is 5.92 Å². The van der Waals surface area contributed by atoms with E-state index in [9.17, 15) is 0 Å². The minimum Gasteiger partial charge on any atom is -0.399 e. The van der Waals surface area contributed by atoms with E-state index in [1.54, 1.807) is 0 Å². The van der Waals surface area contributed by atoms with E-state index >= 15 is 0 Å². The van der Waals surface area contributed by atoms with Gasteiger partial charge in [0.25, 0.3) is 0 Å². The second-order valence-electron chi connectivity index (χ2n) is 4.31. The summed E-state index contributed by atoms with van der Waals surface area (Å²) < 4.78 is 11.0. The molecule has 2 N–H and O–H groups in total. The normalized spacial score (nSPS) is 17.5. The van der Waals surface area contributed by atoms with E-state index in [0.29, 0.717) is 12.5 Å². The van der Waals surface area contributed by atoms with E-state index in [0.717, 1.165) is 38.3 Å². The quantitative estimate of drug-likeness (QED) is 0.793. The molecule has 0 aromatic heterocycles. The van der Waals surface area contributed by atoms with Crippen LogP contribution in [-0.2, 0) is 16.1 Å². The average molecular weight is 221 g/mol. The molecule has 3 heteroatoms.